The van der Waals surface area contributed by atoms with E-state index in [1.807, 2.05) is 30.7 Å². The second-order valence-corrected chi connectivity index (χ2v) is 5.52. The zero-order chi connectivity index (χ0) is 14.7. The third-order valence-corrected chi connectivity index (χ3v) is 3.15. The van der Waals surface area contributed by atoms with E-state index in [0.717, 1.165) is 34.9 Å². The third-order valence-electron chi connectivity index (χ3n) is 3.15. The first-order valence-electron chi connectivity index (χ1n) is 6.83. The fourth-order valence-electron chi connectivity index (χ4n) is 2.01. The zero-order valence-electron chi connectivity index (χ0n) is 12.6. The summed E-state index contributed by atoms with van der Waals surface area (Å²) in [6.07, 6.45) is 1.57. The van der Waals surface area contributed by atoms with Gasteiger partial charge < -0.3 is 10.5 Å². The molecular weight excluding hydrogens is 252 g/mol. The summed E-state index contributed by atoms with van der Waals surface area (Å²) in [4.78, 5) is 4.26. The molecule has 0 aliphatic heterocycles. The third kappa shape index (κ3) is 3.29. The minimum Gasteiger partial charge on any atom is -0.485 e. The first kappa shape index (κ1) is 14.4. The van der Waals surface area contributed by atoms with Crippen LogP contribution in [0, 0.1) is 19.8 Å². The molecule has 0 aliphatic carbocycles. The van der Waals surface area contributed by atoms with Crippen molar-refractivity contribution in [3.63, 3.8) is 0 Å². The number of rotatable bonds is 5. The van der Waals surface area contributed by atoms with Gasteiger partial charge in [0.2, 0.25) is 0 Å². The van der Waals surface area contributed by atoms with Crippen LogP contribution in [0.3, 0.4) is 0 Å². The first-order valence-corrected chi connectivity index (χ1v) is 6.83. The van der Waals surface area contributed by atoms with Crippen LogP contribution in [0.15, 0.2) is 18.5 Å². The molecule has 2 N–H and O–H groups in total. The van der Waals surface area contributed by atoms with Crippen molar-refractivity contribution in [2.24, 2.45) is 5.92 Å². The lowest BCUT2D eigenvalue weighted by Gasteiger charge is -2.12. The van der Waals surface area contributed by atoms with Crippen molar-refractivity contribution in [1.29, 1.82) is 0 Å². The highest BCUT2D eigenvalue weighted by Gasteiger charge is 2.09. The predicted octanol–water partition coefficient (Wildman–Crippen LogP) is 2.71. The maximum Gasteiger partial charge on any atom is 0.164 e. The van der Waals surface area contributed by atoms with Crippen molar-refractivity contribution < 1.29 is 4.74 Å². The summed E-state index contributed by atoms with van der Waals surface area (Å²) in [6, 6.07) is 3.90. The normalized spacial score (nSPS) is 11.1. The van der Waals surface area contributed by atoms with Crippen LogP contribution in [0.1, 0.15) is 30.8 Å². The highest BCUT2D eigenvalue weighted by molar-refractivity contribution is 5.53. The van der Waals surface area contributed by atoms with Gasteiger partial charge in [0.1, 0.15) is 18.7 Å². The Kier molecular flexibility index (Phi) is 4.27. The maximum atomic E-state index is 5.88. The second-order valence-electron chi connectivity index (χ2n) is 5.52. The average molecular weight is 274 g/mol. The fraction of sp³-hybridized carbons (Fsp3) is 0.467. The van der Waals surface area contributed by atoms with Crippen LogP contribution in [0.25, 0.3) is 0 Å². The lowest BCUT2D eigenvalue weighted by Crippen LogP contribution is -2.12. The molecule has 0 fully saturated rings. The van der Waals surface area contributed by atoms with Crippen LogP contribution in [-0.2, 0) is 13.2 Å². The SMILES string of the molecule is Cc1cc(OCc2ncnn2CC(C)C)c(C)cc1N. The van der Waals surface area contributed by atoms with E-state index >= 15 is 0 Å². The Labute approximate surface area is 119 Å². The quantitative estimate of drug-likeness (QED) is 0.851. The Morgan fingerprint density at radius 3 is 2.70 bits per heavy atom. The second kappa shape index (κ2) is 5.94. The maximum absolute atomic E-state index is 5.88. The van der Waals surface area contributed by atoms with Gasteiger partial charge in [-0.25, -0.2) is 9.67 Å². The van der Waals surface area contributed by atoms with Crippen molar-refractivity contribution >= 4 is 5.69 Å². The Bertz CT molecular complexity index is 590. The van der Waals surface area contributed by atoms with E-state index in [9.17, 15) is 0 Å². The molecule has 0 saturated heterocycles. The van der Waals surface area contributed by atoms with Gasteiger partial charge in [0.05, 0.1) is 0 Å². The molecule has 0 spiro atoms. The predicted molar refractivity (Wildman–Crippen MR) is 79.5 cm³/mol. The van der Waals surface area contributed by atoms with E-state index in [4.69, 9.17) is 10.5 Å². The molecule has 108 valence electrons. The molecule has 0 aliphatic rings. The molecule has 5 heteroatoms. The molecule has 1 heterocycles. The van der Waals surface area contributed by atoms with Gasteiger partial charge in [0, 0.05) is 12.2 Å². The number of benzene rings is 1. The van der Waals surface area contributed by atoms with Crippen molar-refractivity contribution in [3.05, 3.63) is 35.4 Å². The van der Waals surface area contributed by atoms with Gasteiger partial charge >= 0.3 is 0 Å². The zero-order valence-corrected chi connectivity index (χ0v) is 12.6. The summed E-state index contributed by atoms with van der Waals surface area (Å²) in [5.41, 5.74) is 8.72. The van der Waals surface area contributed by atoms with Crippen molar-refractivity contribution in [1.82, 2.24) is 14.8 Å². The molecule has 0 bridgehead atoms. The largest absolute Gasteiger partial charge is 0.485 e. The molecule has 2 rings (SSSR count). The lowest BCUT2D eigenvalue weighted by atomic mass is 10.1. The summed E-state index contributed by atoms with van der Waals surface area (Å²) < 4.78 is 7.75. The number of anilines is 1. The molecule has 2 aromatic rings. The average Bonchev–Trinajstić information content (AvgIpc) is 2.79. The van der Waals surface area contributed by atoms with E-state index in [0.29, 0.717) is 12.5 Å². The summed E-state index contributed by atoms with van der Waals surface area (Å²) in [5, 5.41) is 4.23. The van der Waals surface area contributed by atoms with Gasteiger partial charge in [-0.3, -0.25) is 0 Å². The summed E-state index contributed by atoms with van der Waals surface area (Å²) in [6.45, 7) is 9.53. The van der Waals surface area contributed by atoms with E-state index in [-0.39, 0.29) is 0 Å². The number of nitrogen functional groups attached to an aromatic ring is 1. The Morgan fingerprint density at radius 2 is 2.00 bits per heavy atom. The summed E-state index contributed by atoms with van der Waals surface area (Å²) in [5.74, 6) is 2.21. The topological polar surface area (TPSA) is 66.0 Å². The molecular formula is C15H22N4O. The molecule has 1 aromatic carbocycles. The number of nitrogens with zero attached hydrogens (tertiary/aromatic N) is 3. The highest BCUT2D eigenvalue weighted by Crippen LogP contribution is 2.24. The van der Waals surface area contributed by atoms with Crippen LogP contribution < -0.4 is 10.5 Å². The molecule has 20 heavy (non-hydrogen) atoms. The fourth-order valence-corrected chi connectivity index (χ4v) is 2.01. The number of hydrogen-bond acceptors (Lipinski definition) is 4. The van der Waals surface area contributed by atoms with E-state index in [1.54, 1.807) is 6.33 Å². The number of aromatic nitrogens is 3. The number of nitrogens with two attached hydrogens (primary N) is 1. The van der Waals surface area contributed by atoms with Crippen LogP contribution in [0.2, 0.25) is 0 Å². The number of hydrogen-bond donors (Lipinski definition) is 1. The monoisotopic (exact) mass is 274 g/mol. The Morgan fingerprint density at radius 1 is 1.25 bits per heavy atom. The smallest absolute Gasteiger partial charge is 0.164 e. The van der Waals surface area contributed by atoms with E-state index < -0.39 is 0 Å². The molecule has 0 amide bonds. The van der Waals surface area contributed by atoms with Crippen LogP contribution in [-0.4, -0.2) is 14.8 Å². The van der Waals surface area contributed by atoms with Gasteiger partial charge in [-0.15, -0.1) is 0 Å². The molecule has 0 atom stereocenters. The lowest BCUT2D eigenvalue weighted by molar-refractivity contribution is 0.281. The van der Waals surface area contributed by atoms with Crippen molar-refractivity contribution in [2.45, 2.75) is 40.8 Å². The molecule has 1 aromatic heterocycles. The Hall–Kier alpha value is -2.04. The van der Waals surface area contributed by atoms with E-state index in [2.05, 4.69) is 23.9 Å². The van der Waals surface area contributed by atoms with Gasteiger partial charge in [-0.2, -0.15) is 5.10 Å². The Balaban J connectivity index is 2.09. The number of ether oxygens (including phenoxy) is 1. The van der Waals surface area contributed by atoms with E-state index in [1.165, 1.54) is 0 Å². The van der Waals surface area contributed by atoms with Crippen molar-refractivity contribution in [2.75, 3.05) is 5.73 Å². The number of aryl methyl sites for hydroxylation is 2. The molecule has 0 unspecified atom stereocenters. The van der Waals surface area contributed by atoms with Gasteiger partial charge in [-0.05, 0) is 43.0 Å². The first-order chi connectivity index (χ1) is 9.47. The van der Waals surface area contributed by atoms with Gasteiger partial charge in [0.25, 0.3) is 0 Å². The van der Waals surface area contributed by atoms with Crippen molar-refractivity contribution in [3.8, 4) is 5.75 Å². The van der Waals surface area contributed by atoms with Crippen LogP contribution >= 0.6 is 0 Å². The minimum atomic E-state index is 0.414. The molecule has 5 nitrogen and oxygen atoms in total. The summed E-state index contributed by atoms with van der Waals surface area (Å²) in [7, 11) is 0. The van der Waals surface area contributed by atoms with Crippen LogP contribution in [0.5, 0.6) is 5.75 Å². The summed E-state index contributed by atoms with van der Waals surface area (Å²) >= 11 is 0. The highest BCUT2D eigenvalue weighted by atomic mass is 16.5. The molecule has 0 saturated carbocycles. The van der Waals surface area contributed by atoms with Crippen LogP contribution in [0.4, 0.5) is 5.69 Å². The van der Waals surface area contributed by atoms with Gasteiger partial charge in [0.15, 0.2) is 5.82 Å². The minimum absolute atomic E-state index is 0.414. The van der Waals surface area contributed by atoms with Gasteiger partial charge in [-0.1, -0.05) is 13.8 Å². The standard InChI is InChI=1S/C15H22N4O/c1-10(2)7-19-15(17-9-18-19)8-20-14-6-11(3)13(16)5-12(14)4/h5-6,9-10H,7-8,16H2,1-4H3. The molecule has 0 radical (unpaired) electrons.